The molecule has 0 radical (unpaired) electrons. The number of hydrogen-bond acceptors (Lipinski definition) is 2. The normalized spacial score (nSPS) is 14.9. The summed E-state index contributed by atoms with van der Waals surface area (Å²) >= 11 is 7.42. The summed E-state index contributed by atoms with van der Waals surface area (Å²) in [5.41, 5.74) is 3.78. The maximum absolute atomic E-state index is 10.7. The van der Waals surface area contributed by atoms with Crippen LogP contribution < -0.4 is 0 Å². The van der Waals surface area contributed by atoms with E-state index in [0.29, 0.717) is 4.34 Å². The fraction of sp³-hybridized carbons (Fsp3) is 0.176. The molecular formula is C17H13ClOS. The van der Waals surface area contributed by atoms with Gasteiger partial charge < -0.3 is 5.11 Å². The van der Waals surface area contributed by atoms with Gasteiger partial charge in [-0.1, -0.05) is 41.9 Å². The van der Waals surface area contributed by atoms with Crippen LogP contribution in [-0.2, 0) is 12.8 Å². The lowest BCUT2D eigenvalue weighted by atomic mass is 9.96. The summed E-state index contributed by atoms with van der Waals surface area (Å²) in [4.78, 5) is 0.897. The Balaban J connectivity index is 1.93. The minimum atomic E-state index is -0.600. The van der Waals surface area contributed by atoms with Gasteiger partial charge in [-0.15, -0.1) is 11.3 Å². The summed E-state index contributed by atoms with van der Waals surface area (Å²) in [6, 6.07) is 14.4. The molecule has 0 fully saturated rings. The third-order valence-corrected chi connectivity index (χ3v) is 5.35. The average molecular weight is 301 g/mol. The van der Waals surface area contributed by atoms with Crippen LogP contribution in [0.5, 0.6) is 0 Å². The Kier molecular flexibility index (Phi) is 2.84. The van der Waals surface area contributed by atoms with E-state index >= 15 is 0 Å². The van der Waals surface area contributed by atoms with Crippen LogP contribution in [0, 0.1) is 0 Å². The molecule has 100 valence electrons. The minimum absolute atomic E-state index is 0.600. The van der Waals surface area contributed by atoms with Gasteiger partial charge in [0.25, 0.3) is 0 Å². The largest absolute Gasteiger partial charge is 0.383 e. The van der Waals surface area contributed by atoms with Gasteiger partial charge in [0, 0.05) is 4.88 Å². The number of aryl methyl sites for hydroxylation is 2. The molecule has 0 saturated carbocycles. The van der Waals surface area contributed by atoms with Crippen molar-refractivity contribution in [3.63, 3.8) is 0 Å². The molecule has 0 saturated heterocycles. The van der Waals surface area contributed by atoms with Crippen LogP contribution in [0.2, 0.25) is 4.34 Å². The predicted octanol–water partition coefficient (Wildman–Crippen LogP) is 4.74. The van der Waals surface area contributed by atoms with Crippen molar-refractivity contribution in [2.45, 2.75) is 18.9 Å². The molecule has 0 aliphatic heterocycles. The molecule has 2 aromatic carbocycles. The van der Waals surface area contributed by atoms with Crippen molar-refractivity contribution in [1.82, 2.24) is 0 Å². The number of halogens is 1. The second-order valence-electron chi connectivity index (χ2n) is 5.20. The number of benzene rings is 2. The quantitative estimate of drug-likeness (QED) is 0.725. The lowest BCUT2D eigenvalue weighted by Crippen LogP contribution is -1.98. The van der Waals surface area contributed by atoms with Crippen LogP contribution in [0.4, 0.5) is 0 Å². The molecule has 1 N–H and O–H groups in total. The van der Waals surface area contributed by atoms with E-state index in [-0.39, 0.29) is 0 Å². The van der Waals surface area contributed by atoms with Crippen molar-refractivity contribution in [3.05, 3.63) is 68.4 Å². The molecule has 20 heavy (non-hydrogen) atoms. The Morgan fingerprint density at radius 1 is 1.00 bits per heavy atom. The number of rotatable bonds is 2. The van der Waals surface area contributed by atoms with E-state index in [1.165, 1.54) is 33.2 Å². The maximum atomic E-state index is 10.7. The van der Waals surface area contributed by atoms with Crippen molar-refractivity contribution < 1.29 is 5.11 Å². The van der Waals surface area contributed by atoms with E-state index in [1.807, 2.05) is 12.1 Å². The molecule has 1 aromatic heterocycles. The van der Waals surface area contributed by atoms with Crippen LogP contribution in [0.25, 0.3) is 10.8 Å². The van der Waals surface area contributed by atoms with Gasteiger partial charge in [0.05, 0.1) is 4.34 Å². The molecular weight excluding hydrogens is 288 g/mol. The summed E-state index contributed by atoms with van der Waals surface area (Å²) in [5, 5.41) is 13.2. The maximum Gasteiger partial charge on any atom is 0.114 e. The van der Waals surface area contributed by atoms with Crippen LogP contribution in [-0.4, -0.2) is 5.11 Å². The summed E-state index contributed by atoms with van der Waals surface area (Å²) in [7, 11) is 0. The van der Waals surface area contributed by atoms with Gasteiger partial charge >= 0.3 is 0 Å². The van der Waals surface area contributed by atoms with Crippen LogP contribution in [0.3, 0.4) is 0 Å². The molecule has 1 heterocycles. The van der Waals surface area contributed by atoms with E-state index in [9.17, 15) is 5.11 Å². The topological polar surface area (TPSA) is 20.2 Å². The molecule has 0 spiro atoms. The molecule has 3 heteroatoms. The Labute approximate surface area is 126 Å². The standard InChI is InChI=1S/C17H13ClOS/c18-15-9-8-14(20-15)17(19)13-7-6-11-5-4-10-2-1-3-12(13)16(10)11/h1-3,6-9,17,19H,4-5H2. The molecule has 1 nitrogen and oxygen atoms in total. The SMILES string of the molecule is OC(c1ccc(Cl)s1)c1ccc2c3c(cccc13)CC2. The fourth-order valence-corrected chi connectivity index (χ4v) is 4.20. The first-order valence-corrected chi connectivity index (χ1v) is 7.90. The zero-order valence-electron chi connectivity index (χ0n) is 10.8. The van der Waals surface area contributed by atoms with Crippen molar-refractivity contribution in [2.24, 2.45) is 0 Å². The summed E-state index contributed by atoms with van der Waals surface area (Å²) in [6.07, 6.45) is 1.62. The minimum Gasteiger partial charge on any atom is -0.383 e. The van der Waals surface area contributed by atoms with E-state index in [0.717, 1.165) is 23.3 Å². The summed E-state index contributed by atoms with van der Waals surface area (Å²) in [6.45, 7) is 0. The first-order valence-electron chi connectivity index (χ1n) is 6.71. The van der Waals surface area contributed by atoms with E-state index in [2.05, 4.69) is 30.3 Å². The second kappa shape index (κ2) is 4.59. The van der Waals surface area contributed by atoms with Crippen molar-refractivity contribution in [1.29, 1.82) is 0 Å². The molecule has 1 aliphatic carbocycles. The zero-order valence-corrected chi connectivity index (χ0v) is 12.3. The van der Waals surface area contributed by atoms with Gasteiger partial charge in [0.1, 0.15) is 6.10 Å². The highest BCUT2D eigenvalue weighted by Crippen LogP contribution is 2.38. The summed E-state index contributed by atoms with van der Waals surface area (Å²) < 4.78 is 0.713. The van der Waals surface area contributed by atoms with E-state index < -0.39 is 6.10 Å². The first-order chi connectivity index (χ1) is 9.74. The molecule has 0 amide bonds. The van der Waals surface area contributed by atoms with Gasteiger partial charge in [-0.2, -0.15) is 0 Å². The van der Waals surface area contributed by atoms with E-state index in [1.54, 1.807) is 0 Å². The number of thiophene rings is 1. The molecule has 4 rings (SSSR count). The zero-order chi connectivity index (χ0) is 13.7. The highest BCUT2D eigenvalue weighted by atomic mass is 35.5. The number of hydrogen-bond donors (Lipinski definition) is 1. The Hall–Kier alpha value is -1.35. The third-order valence-electron chi connectivity index (χ3n) is 4.07. The smallest absolute Gasteiger partial charge is 0.114 e. The Bertz CT molecular complexity index is 796. The van der Waals surface area contributed by atoms with Crippen LogP contribution >= 0.6 is 22.9 Å². The van der Waals surface area contributed by atoms with Crippen molar-refractivity contribution in [2.75, 3.05) is 0 Å². The van der Waals surface area contributed by atoms with Gasteiger partial charge in [0.15, 0.2) is 0 Å². The third kappa shape index (κ3) is 1.80. The molecule has 1 aliphatic rings. The highest BCUT2D eigenvalue weighted by molar-refractivity contribution is 7.16. The van der Waals surface area contributed by atoms with Crippen LogP contribution in [0.15, 0.2) is 42.5 Å². The Morgan fingerprint density at radius 3 is 2.55 bits per heavy atom. The Morgan fingerprint density at radius 2 is 1.80 bits per heavy atom. The highest BCUT2D eigenvalue weighted by Gasteiger charge is 2.20. The molecule has 1 unspecified atom stereocenters. The van der Waals surface area contributed by atoms with Crippen molar-refractivity contribution >= 4 is 33.7 Å². The fourth-order valence-electron chi connectivity index (χ4n) is 3.14. The lowest BCUT2D eigenvalue weighted by Gasteiger charge is -2.13. The average Bonchev–Trinajstić information content (AvgIpc) is 3.07. The molecule has 1 atom stereocenters. The van der Waals surface area contributed by atoms with Crippen LogP contribution in [0.1, 0.15) is 27.7 Å². The second-order valence-corrected chi connectivity index (χ2v) is 6.94. The van der Waals surface area contributed by atoms with Gasteiger partial charge in [-0.3, -0.25) is 0 Å². The summed E-state index contributed by atoms with van der Waals surface area (Å²) in [5.74, 6) is 0. The number of aliphatic hydroxyl groups excluding tert-OH is 1. The lowest BCUT2D eigenvalue weighted by molar-refractivity contribution is 0.226. The van der Waals surface area contributed by atoms with Gasteiger partial charge in [-0.25, -0.2) is 0 Å². The predicted molar refractivity (Wildman–Crippen MR) is 84.7 cm³/mol. The number of aliphatic hydroxyl groups is 1. The van der Waals surface area contributed by atoms with E-state index in [4.69, 9.17) is 11.6 Å². The van der Waals surface area contributed by atoms with Gasteiger partial charge in [-0.05, 0) is 52.4 Å². The molecule has 0 bridgehead atoms. The monoisotopic (exact) mass is 300 g/mol. The van der Waals surface area contributed by atoms with Crippen molar-refractivity contribution in [3.8, 4) is 0 Å². The van der Waals surface area contributed by atoms with Gasteiger partial charge in [0.2, 0.25) is 0 Å². The molecule has 3 aromatic rings. The first kappa shape index (κ1) is 12.4.